The topological polar surface area (TPSA) is 84.9 Å². The lowest BCUT2D eigenvalue weighted by atomic mass is 10.2. The third kappa shape index (κ3) is 6.66. The molecular weight excluding hydrogens is 350 g/mol. The van der Waals surface area contributed by atoms with Gasteiger partial charge in [-0.05, 0) is 37.1 Å². The van der Waals surface area contributed by atoms with Crippen LogP contribution in [-0.2, 0) is 19.1 Å². The summed E-state index contributed by atoms with van der Waals surface area (Å²) in [5.41, 5.74) is 0.343. The van der Waals surface area contributed by atoms with Crippen LogP contribution >= 0.6 is 0 Å². The molecule has 2 rings (SSSR count). The molecule has 0 aromatic heterocycles. The van der Waals surface area contributed by atoms with Crippen molar-refractivity contribution in [2.75, 3.05) is 25.0 Å². The maximum Gasteiger partial charge on any atom is 0.387 e. The maximum atomic E-state index is 12.1. The fourth-order valence-corrected chi connectivity index (χ4v) is 2.47. The van der Waals surface area contributed by atoms with Crippen molar-refractivity contribution in [2.24, 2.45) is 0 Å². The number of carbonyl (C=O) groups excluding carboxylic acids is 3. The molecule has 1 aliphatic heterocycles. The Morgan fingerprint density at radius 2 is 1.88 bits per heavy atom. The predicted octanol–water partition coefficient (Wildman–Crippen LogP) is 2.17. The molecule has 0 atom stereocenters. The van der Waals surface area contributed by atoms with E-state index in [2.05, 4.69) is 10.1 Å². The summed E-state index contributed by atoms with van der Waals surface area (Å²) in [5.74, 6) is -1.36. The van der Waals surface area contributed by atoms with Gasteiger partial charge in [-0.3, -0.25) is 14.4 Å². The lowest BCUT2D eigenvalue weighted by Gasteiger charge is -2.19. The monoisotopic (exact) mass is 370 g/mol. The Balaban J connectivity index is 1.73. The Morgan fingerprint density at radius 3 is 2.58 bits per heavy atom. The summed E-state index contributed by atoms with van der Waals surface area (Å²) in [6, 6.07) is 5.32. The number of ether oxygens (including phenoxy) is 2. The van der Waals surface area contributed by atoms with Gasteiger partial charge in [0.2, 0.25) is 5.91 Å². The lowest BCUT2D eigenvalue weighted by Crippen LogP contribution is -2.36. The van der Waals surface area contributed by atoms with E-state index in [0.29, 0.717) is 18.7 Å². The SMILES string of the molecule is O=C(COC(=O)CN1CCCCCC1=O)Nc1ccc(OC(F)F)cc1. The first kappa shape index (κ1) is 19.6. The van der Waals surface area contributed by atoms with Crippen molar-refractivity contribution < 1.29 is 32.6 Å². The van der Waals surface area contributed by atoms with Crippen molar-refractivity contribution in [3.63, 3.8) is 0 Å². The summed E-state index contributed by atoms with van der Waals surface area (Å²) in [5, 5.41) is 2.46. The van der Waals surface area contributed by atoms with E-state index in [1.807, 2.05) is 0 Å². The Kier molecular flexibility index (Phi) is 7.31. The molecule has 2 amide bonds. The van der Waals surface area contributed by atoms with Crippen LogP contribution in [0, 0.1) is 0 Å². The summed E-state index contributed by atoms with van der Waals surface area (Å²) in [7, 11) is 0. The van der Waals surface area contributed by atoms with E-state index in [1.165, 1.54) is 29.2 Å². The van der Waals surface area contributed by atoms with E-state index < -0.39 is 25.1 Å². The number of hydrogen-bond acceptors (Lipinski definition) is 5. The van der Waals surface area contributed by atoms with Crippen LogP contribution in [0.25, 0.3) is 0 Å². The van der Waals surface area contributed by atoms with Gasteiger partial charge in [0.15, 0.2) is 6.61 Å². The highest BCUT2D eigenvalue weighted by atomic mass is 19.3. The Hall–Kier alpha value is -2.71. The van der Waals surface area contributed by atoms with Gasteiger partial charge in [0, 0.05) is 18.7 Å². The molecule has 1 heterocycles. The third-order valence-corrected chi connectivity index (χ3v) is 3.72. The fraction of sp³-hybridized carbons (Fsp3) is 0.471. The van der Waals surface area contributed by atoms with Gasteiger partial charge < -0.3 is 19.7 Å². The van der Waals surface area contributed by atoms with Gasteiger partial charge in [-0.2, -0.15) is 8.78 Å². The second kappa shape index (κ2) is 9.69. The predicted molar refractivity (Wildman–Crippen MR) is 87.7 cm³/mol. The first-order valence-corrected chi connectivity index (χ1v) is 8.22. The average Bonchev–Trinajstić information content (AvgIpc) is 2.79. The van der Waals surface area contributed by atoms with Gasteiger partial charge in [0.05, 0.1) is 0 Å². The van der Waals surface area contributed by atoms with Crippen molar-refractivity contribution >= 4 is 23.5 Å². The number of benzene rings is 1. The number of alkyl halides is 2. The highest BCUT2D eigenvalue weighted by molar-refractivity contribution is 5.93. The molecule has 1 aromatic carbocycles. The van der Waals surface area contributed by atoms with Gasteiger partial charge in [0.1, 0.15) is 12.3 Å². The molecule has 0 bridgehead atoms. The van der Waals surface area contributed by atoms with Crippen molar-refractivity contribution in [2.45, 2.75) is 32.3 Å². The molecule has 7 nitrogen and oxygen atoms in total. The maximum absolute atomic E-state index is 12.1. The summed E-state index contributed by atoms with van der Waals surface area (Å²) in [6.45, 7) is -3.10. The molecule has 1 N–H and O–H groups in total. The number of carbonyl (C=O) groups is 3. The van der Waals surface area contributed by atoms with E-state index in [1.54, 1.807) is 0 Å². The first-order valence-electron chi connectivity index (χ1n) is 8.22. The van der Waals surface area contributed by atoms with Crippen LogP contribution in [0.15, 0.2) is 24.3 Å². The van der Waals surface area contributed by atoms with Crippen molar-refractivity contribution in [1.29, 1.82) is 0 Å². The number of rotatable bonds is 7. The largest absolute Gasteiger partial charge is 0.454 e. The van der Waals surface area contributed by atoms with E-state index in [9.17, 15) is 23.2 Å². The molecule has 0 radical (unpaired) electrons. The minimum atomic E-state index is -2.93. The second-order valence-electron chi connectivity index (χ2n) is 5.74. The molecular formula is C17H20F2N2O5. The Bertz CT molecular complexity index is 637. The zero-order valence-electron chi connectivity index (χ0n) is 14.1. The smallest absolute Gasteiger partial charge is 0.387 e. The van der Waals surface area contributed by atoms with E-state index in [0.717, 1.165) is 19.3 Å². The van der Waals surface area contributed by atoms with Crippen molar-refractivity contribution in [3.05, 3.63) is 24.3 Å². The highest BCUT2D eigenvalue weighted by Gasteiger charge is 2.20. The van der Waals surface area contributed by atoms with Gasteiger partial charge in [-0.1, -0.05) is 6.42 Å². The zero-order chi connectivity index (χ0) is 18.9. The number of hydrogen-bond donors (Lipinski definition) is 1. The van der Waals surface area contributed by atoms with E-state index in [-0.39, 0.29) is 18.2 Å². The Labute approximate surface area is 149 Å². The molecule has 1 fully saturated rings. The molecule has 1 aliphatic rings. The fourth-order valence-electron chi connectivity index (χ4n) is 2.47. The first-order chi connectivity index (χ1) is 12.4. The molecule has 0 aliphatic carbocycles. The van der Waals surface area contributed by atoms with Crippen LogP contribution in [-0.4, -0.2) is 49.0 Å². The number of nitrogens with one attached hydrogen (secondary N) is 1. The average molecular weight is 370 g/mol. The normalized spacial score (nSPS) is 14.7. The number of likely N-dealkylation sites (tertiary alicyclic amines) is 1. The molecule has 0 saturated carbocycles. The standard InChI is InChI=1S/C17H20F2N2O5/c18-17(19)26-13-7-5-12(6-8-13)20-14(22)11-25-16(24)10-21-9-3-1-2-4-15(21)23/h5-8,17H,1-4,9-11H2,(H,20,22). The lowest BCUT2D eigenvalue weighted by molar-refractivity contribution is -0.151. The number of esters is 1. The summed E-state index contributed by atoms with van der Waals surface area (Å²) in [4.78, 5) is 36.8. The van der Waals surface area contributed by atoms with Crippen LogP contribution in [0.3, 0.4) is 0 Å². The number of nitrogens with zero attached hydrogens (tertiary/aromatic N) is 1. The molecule has 1 saturated heterocycles. The van der Waals surface area contributed by atoms with Crippen LogP contribution in [0.2, 0.25) is 0 Å². The molecule has 142 valence electrons. The van der Waals surface area contributed by atoms with Crippen molar-refractivity contribution in [3.8, 4) is 5.75 Å². The van der Waals surface area contributed by atoms with Crippen LogP contribution in [0.5, 0.6) is 5.75 Å². The minimum absolute atomic E-state index is 0.0356. The molecule has 9 heteroatoms. The van der Waals surface area contributed by atoms with E-state index in [4.69, 9.17) is 4.74 Å². The third-order valence-electron chi connectivity index (χ3n) is 3.72. The molecule has 0 unspecified atom stereocenters. The van der Waals surface area contributed by atoms with Crippen LogP contribution in [0.1, 0.15) is 25.7 Å². The molecule has 26 heavy (non-hydrogen) atoms. The van der Waals surface area contributed by atoms with Crippen LogP contribution < -0.4 is 10.1 Å². The zero-order valence-corrected chi connectivity index (χ0v) is 14.1. The molecule has 0 spiro atoms. The van der Waals surface area contributed by atoms with Gasteiger partial charge >= 0.3 is 12.6 Å². The quantitative estimate of drug-likeness (QED) is 0.744. The Morgan fingerprint density at radius 1 is 1.15 bits per heavy atom. The van der Waals surface area contributed by atoms with Gasteiger partial charge in [-0.15, -0.1) is 0 Å². The second-order valence-corrected chi connectivity index (χ2v) is 5.74. The van der Waals surface area contributed by atoms with Crippen molar-refractivity contribution in [1.82, 2.24) is 4.90 Å². The molecule has 1 aromatic rings. The summed E-state index contributed by atoms with van der Waals surface area (Å²) < 4.78 is 33.2. The van der Waals surface area contributed by atoms with Crippen LogP contribution in [0.4, 0.5) is 14.5 Å². The summed E-state index contributed by atoms with van der Waals surface area (Å²) in [6.07, 6.45) is 3.01. The van der Waals surface area contributed by atoms with E-state index >= 15 is 0 Å². The number of anilines is 1. The highest BCUT2D eigenvalue weighted by Crippen LogP contribution is 2.17. The van der Waals surface area contributed by atoms with Gasteiger partial charge in [-0.25, -0.2) is 0 Å². The van der Waals surface area contributed by atoms with Gasteiger partial charge in [0.25, 0.3) is 5.91 Å². The summed E-state index contributed by atoms with van der Waals surface area (Å²) >= 11 is 0. The minimum Gasteiger partial charge on any atom is -0.454 e. The number of halogens is 2. The number of amides is 2.